The minimum Gasteiger partial charge on any atom is -0.488 e. The topological polar surface area (TPSA) is 115 Å². The Kier molecular flexibility index (Phi) is 6.96. The van der Waals surface area contributed by atoms with Crippen LogP contribution in [-0.2, 0) is 6.61 Å². The Bertz CT molecular complexity index is 1190. The van der Waals surface area contributed by atoms with E-state index in [-0.39, 0.29) is 24.5 Å². The Morgan fingerprint density at radius 1 is 1.06 bits per heavy atom. The van der Waals surface area contributed by atoms with Gasteiger partial charge in [-0.2, -0.15) is 0 Å². The summed E-state index contributed by atoms with van der Waals surface area (Å²) < 4.78 is 11.2. The van der Waals surface area contributed by atoms with Crippen molar-refractivity contribution < 1.29 is 23.5 Å². The smallest absolute Gasteiger partial charge is 0.287 e. The van der Waals surface area contributed by atoms with Crippen LogP contribution in [0.25, 0.3) is 0 Å². The molecule has 0 atom stereocenters. The summed E-state index contributed by atoms with van der Waals surface area (Å²) in [6, 6.07) is 17.4. The van der Waals surface area contributed by atoms with E-state index in [2.05, 4.69) is 5.32 Å². The highest BCUT2D eigenvalue weighted by Crippen LogP contribution is 2.20. The molecule has 2 heterocycles. The maximum absolute atomic E-state index is 13.0. The highest BCUT2D eigenvalue weighted by Gasteiger charge is 2.25. The number of benzene rings is 2. The summed E-state index contributed by atoms with van der Waals surface area (Å²) in [4.78, 5) is 38.7. The molecule has 1 aliphatic heterocycles. The Morgan fingerprint density at radius 2 is 1.82 bits per heavy atom. The van der Waals surface area contributed by atoms with Crippen molar-refractivity contribution in [1.82, 2.24) is 10.2 Å². The van der Waals surface area contributed by atoms with Gasteiger partial charge in [0.15, 0.2) is 5.76 Å². The second kappa shape index (κ2) is 10.2. The van der Waals surface area contributed by atoms with E-state index in [1.54, 1.807) is 60.4 Å². The van der Waals surface area contributed by atoms with Gasteiger partial charge >= 0.3 is 0 Å². The number of amides is 3. The van der Waals surface area contributed by atoms with Gasteiger partial charge in [0.1, 0.15) is 18.1 Å². The molecule has 3 amide bonds. The second-order valence-corrected chi connectivity index (χ2v) is 8.30. The summed E-state index contributed by atoms with van der Waals surface area (Å²) in [5.41, 5.74) is 7.09. The number of aryl methyl sites for hydroxylation is 1. The van der Waals surface area contributed by atoms with E-state index in [0.717, 1.165) is 5.56 Å². The van der Waals surface area contributed by atoms with Crippen LogP contribution in [0.5, 0.6) is 5.75 Å². The summed E-state index contributed by atoms with van der Waals surface area (Å²) in [6.07, 6.45) is 1.34. The van der Waals surface area contributed by atoms with Crippen LogP contribution >= 0.6 is 0 Å². The molecule has 8 heteroatoms. The highest BCUT2D eigenvalue weighted by atomic mass is 16.5. The van der Waals surface area contributed by atoms with E-state index in [1.807, 2.05) is 12.1 Å². The van der Waals surface area contributed by atoms with Crippen LogP contribution in [0.1, 0.15) is 55.4 Å². The molecule has 176 valence electrons. The van der Waals surface area contributed by atoms with E-state index >= 15 is 0 Å². The number of nitrogens with one attached hydrogen (secondary N) is 1. The molecule has 3 aromatic rings. The third-order valence-corrected chi connectivity index (χ3v) is 5.80. The van der Waals surface area contributed by atoms with Gasteiger partial charge in [-0.15, -0.1) is 0 Å². The second-order valence-electron chi connectivity index (χ2n) is 8.30. The lowest BCUT2D eigenvalue weighted by atomic mass is 10.0. The van der Waals surface area contributed by atoms with Crippen LogP contribution in [0, 0.1) is 6.92 Å². The zero-order chi connectivity index (χ0) is 24.1. The quantitative estimate of drug-likeness (QED) is 0.560. The fraction of sp³-hybridized carbons (Fsp3) is 0.269. The van der Waals surface area contributed by atoms with Crippen molar-refractivity contribution in [3.63, 3.8) is 0 Å². The molecule has 0 radical (unpaired) electrons. The van der Waals surface area contributed by atoms with Gasteiger partial charge in [-0.3, -0.25) is 14.4 Å². The van der Waals surface area contributed by atoms with Gasteiger partial charge in [-0.05, 0) is 61.7 Å². The predicted molar refractivity (Wildman–Crippen MR) is 126 cm³/mol. The summed E-state index contributed by atoms with van der Waals surface area (Å²) in [6.45, 7) is 3.09. The number of furan rings is 1. The van der Waals surface area contributed by atoms with Crippen LogP contribution in [0.4, 0.5) is 0 Å². The van der Waals surface area contributed by atoms with E-state index in [9.17, 15) is 14.4 Å². The number of para-hydroxylation sites is 1. The molecule has 1 fully saturated rings. The number of nitrogens with two attached hydrogens (primary N) is 1. The molecule has 0 saturated carbocycles. The normalized spacial score (nSPS) is 14.0. The highest BCUT2D eigenvalue weighted by molar-refractivity contribution is 5.96. The van der Waals surface area contributed by atoms with Crippen molar-refractivity contribution in [2.45, 2.75) is 32.4 Å². The molecule has 1 aromatic heterocycles. The maximum atomic E-state index is 13.0. The zero-order valence-electron chi connectivity index (χ0n) is 19.0. The first-order valence-corrected chi connectivity index (χ1v) is 11.2. The Labute approximate surface area is 197 Å². The number of piperidine rings is 1. The van der Waals surface area contributed by atoms with Crippen molar-refractivity contribution >= 4 is 17.7 Å². The first-order chi connectivity index (χ1) is 16.4. The summed E-state index contributed by atoms with van der Waals surface area (Å²) >= 11 is 0. The third-order valence-electron chi connectivity index (χ3n) is 5.80. The summed E-state index contributed by atoms with van der Waals surface area (Å²) in [5.74, 6) is 0.539. The lowest BCUT2D eigenvalue weighted by Crippen LogP contribution is -2.46. The lowest BCUT2D eigenvalue weighted by Gasteiger charge is -2.32. The molecule has 2 aromatic carbocycles. The largest absolute Gasteiger partial charge is 0.488 e. The van der Waals surface area contributed by atoms with Crippen LogP contribution in [0.2, 0.25) is 0 Å². The number of likely N-dealkylation sites (tertiary alicyclic amines) is 1. The Hall–Kier alpha value is -4.07. The van der Waals surface area contributed by atoms with Crippen molar-refractivity contribution in [3.8, 4) is 5.75 Å². The fourth-order valence-electron chi connectivity index (χ4n) is 3.97. The Balaban J connectivity index is 1.32. The average molecular weight is 462 g/mol. The molecule has 34 heavy (non-hydrogen) atoms. The van der Waals surface area contributed by atoms with Crippen LogP contribution < -0.4 is 15.8 Å². The summed E-state index contributed by atoms with van der Waals surface area (Å²) in [5, 5.41) is 2.98. The molecular weight excluding hydrogens is 434 g/mol. The number of nitrogens with zero attached hydrogens (tertiary/aromatic N) is 1. The van der Waals surface area contributed by atoms with Crippen molar-refractivity contribution in [3.05, 3.63) is 88.9 Å². The first kappa shape index (κ1) is 23.1. The van der Waals surface area contributed by atoms with Crippen LogP contribution in [0.3, 0.4) is 0 Å². The molecule has 4 rings (SSSR count). The molecular formula is C26H27N3O5. The standard InChI is InChI=1S/C26H27N3O5/c1-17-9-10-23(34-17)25(31)28-20-11-13-29(14-12-20)26(32)19-6-4-5-18(15-19)16-33-22-8-3-2-7-21(22)24(27)30/h2-10,15,20H,11-14,16H2,1H3,(H2,27,30)(H,28,31). The molecule has 0 spiro atoms. The molecule has 1 saturated heterocycles. The molecule has 0 bridgehead atoms. The number of hydrogen-bond acceptors (Lipinski definition) is 5. The van der Waals surface area contributed by atoms with Gasteiger partial charge in [0.05, 0.1) is 5.56 Å². The number of carbonyl (C=O) groups is 3. The van der Waals surface area contributed by atoms with Gasteiger partial charge < -0.3 is 25.1 Å². The van der Waals surface area contributed by atoms with Crippen molar-refractivity contribution in [2.75, 3.05) is 13.1 Å². The minimum atomic E-state index is -0.557. The lowest BCUT2D eigenvalue weighted by molar-refractivity contribution is 0.0695. The average Bonchev–Trinajstić information content (AvgIpc) is 3.29. The third kappa shape index (κ3) is 5.46. The van der Waals surface area contributed by atoms with E-state index in [1.165, 1.54) is 0 Å². The zero-order valence-corrected chi connectivity index (χ0v) is 19.0. The number of carbonyl (C=O) groups excluding carboxylic acids is 3. The molecule has 8 nitrogen and oxygen atoms in total. The number of rotatable bonds is 7. The molecule has 1 aliphatic rings. The molecule has 0 unspecified atom stereocenters. The first-order valence-electron chi connectivity index (χ1n) is 11.2. The van der Waals surface area contributed by atoms with E-state index < -0.39 is 5.91 Å². The predicted octanol–water partition coefficient (Wildman–Crippen LogP) is 3.30. The number of primary amides is 1. The number of ether oxygens (including phenoxy) is 1. The van der Waals surface area contributed by atoms with Crippen LogP contribution in [0.15, 0.2) is 65.1 Å². The van der Waals surface area contributed by atoms with E-state index in [0.29, 0.717) is 54.3 Å². The van der Waals surface area contributed by atoms with Gasteiger partial charge in [0, 0.05) is 24.7 Å². The molecule has 0 aliphatic carbocycles. The van der Waals surface area contributed by atoms with E-state index in [4.69, 9.17) is 14.9 Å². The van der Waals surface area contributed by atoms with Gasteiger partial charge in [-0.1, -0.05) is 24.3 Å². The van der Waals surface area contributed by atoms with Gasteiger partial charge in [0.2, 0.25) is 0 Å². The molecule has 3 N–H and O–H groups in total. The number of hydrogen-bond donors (Lipinski definition) is 2. The van der Waals surface area contributed by atoms with Gasteiger partial charge in [0.25, 0.3) is 17.7 Å². The Morgan fingerprint density at radius 3 is 2.53 bits per heavy atom. The minimum absolute atomic E-state index is 0.00739. The van der Waals surface area contributed by atoms with Crippen molar-refractivity contribution in [2.24, 2.45) is 5.73 Å². The monoisotopic (exact) mass is 461 g/mol. The van der Waals surface area contributed by atoms with Gasteiger partial charge in [-0.25, -0.2) is 0 Å². The summed E-state index contributed by atoms with van der Waals surface area (Å²) in [7, 11) is 0. The van der Waals surface area contributed by atoms with Crippen molar-refractivity contribution in [1.29, 1.82) is 0 Å². The van der Waals surface area contributed by atoms with Crippen LogP contribution in [-0.4, -0.2) is 41.8 Å². The SMILES string of the molecule is Cc1ccc(C(=O)NC2CCN(C(=O)c3cccc(COc4ccccc4C(N)=O)c3)CC2)o1. The fourth-order valence-corrected chi connectivity index (χ4v) is 3.97. The maximum Gasteiger partial charge on any atom is 0.287 e.